The third kappa shape index (κ3) is 1.72. The minimum absolute atomic E-state index is 0.173. The fourth-order valence-electron chi connectivity index (χ4n) is 1.87. The molecule has 0 aliphatic heterocycles. The van der Waals surface area contributed by atoms with Crippen molar-refractivity contribution in [1.82, 2.24) is 9.97 Å². The molecule has 3 rings (SSSR count). The summed E-state index contributed by atoms with van der Waals surface area (Å²) in [4.78, 5) is 8.53. The van der Waals surface area contributed by atoms with Crippen molar-refractivity contribution in [3.8, 4) is 17.0 Å². The van der Waals surface area contributed by atoms with Gasteiger partial charge >= 0.3 is 0 Å². The smallest absolute Gasteiger partial charge is 0.133 e. The minimum atomic E-state index is 0.173. The molecule has 0 spiro atoms. The van der Waals surface area contributed by atoms with Crippen LogP contribution in [0, 0.1) is 0 Å². The summed E-state index contributed by atoms with van der Waals surface area (Å²) >= 11 is 0. The second kappa shape index (κ2) is 3.87. The first-order valence-corrected chi connectivity index (χ1v) is 5.34. The second-order valence-electron chi connectivity index (χ2n) is 3.78. The van der Waals surface area contributed by atoms with Gasteiger partial charge in [0.15, 0.2) is 0 Å². The highest BCUT2D eigenvalue weighted by atomic mass is 16.3. The molecule has 17 heavy (non-hydrogen) atoms. The van der Waals surface area contributed by atoms with Crippen LogP contribution in [-0.2, 0) is 0 Å². The molecule has 82 valence electrons. The van der Waals surface area contributed by atoms with Gasteiger partial charge in [0, 0.05) is 17.1 Å². The molecule has 0 amide bonds. The van der Waals surface area contributed by atoms with Gasteiger partial charge in [-0.2, -0.15) is 0 Å². The fraction of sp³-hybridized carbons (Fsp3) is 0. The van der Waals surface area contributed by atoms with Gasteiger partial charge in [-0.3, -0.25) is 9.97 Å². The number of hydrogen-bond acceptors (Lipinski definition) is 3. The summed E-state index contributed by atoms with van der Waals surface area (Å²) in [6.07, 6.45) is 3.22. The van der Waals surface area contributed by atoms with Crippen molar-refractivity contribution >= 4 is 10.9 Å². The van der Waals surface area contributed by atoms with Crippen molar-refractivity contribution in [3.05, 3.63) is 54.9 Å². The lowest BCUT2D eigenvalue weighted by Gasteiger charge is -2.05. The van der Waals surface area contributed by atoms with E-state index in [2.05, 4.69) is 9.97 Å². The van der Waals surface area contributed by atoms with Crippen LogP contribution in [0.5, 0.6) is 5.75 Å². The molecule has 2 heterocycles. The van der Waals surface area contributed by atoms with Crippen molar-refractivity contribution in [2.45, 2.75) is 0 Å². The molecule has 0 saturated heterocycles. The number of rotatable bonds is 1. The first-order chi connectivity index (χ1) is 8.34. The molecule has 3 nitrogen and oxygen atoms in total. The van der Waals surface area contributed by atoms with Gasteiger partial charge < -0.3 is 5.11 Å². The zero-order valence-electron chi connectivity index (χ0n) is 9.04. The third-order valence-corrected chi connectivity index (χ3v) is 2.67. The van der Waals surface area contributed by atoms with Gasteiger partial charge in [-0.25, -0.2) is 0 Å². The van der Waals surface area contributed by atoms with Crippen LogP contribution in [0.3, 0.4) is 0 Å². The number of aromatic nitrogens is 2. The molecule has 0 atom stereocenters. The summed E-state index contributed by atoms with van der Waals surface area (Å²) in [5.41, 5.74) is 2.80. The van der Waals surface area contributed by atoms with E-state index in [4.69, 9.17) is 0 Å². The van der Waals surface area contributed by atoms with Gasteiger partial charge in [-0.1, -0.05) is 18.2 Å². The Morgan fingerprint density at radius 2 is 1.82 bits per heavy atom. The Balaban J connectivity index is 2.27. The van der Waals surface area contributed by atoms with E-state index >= 15 is 0 Å². The number of aromatic hydroxyl groups is 1. The Morgan fingerprint density at radius 3 is 2.65 bits per heavy atom. The van der Waals surface area contributed by atoms with Crippen LogP contribution in [0.4, 0.5) is 0 Å². The normalized spacial score (nSPS) is 10.6. The predicted molar refractivity (Wildman–Crippen MR) is 66.6 cm³/mol. The second-order valence-corrected chi connectivity index (χ2v) is 3.78. The minimum Gasteiger partial charge on any atom is -0.506 e. The van der Waals surface area contributed by atoms with Crippen LogP contribution >= 0.6 is 0 Å². The lowest BCUT2D eigenvalue weighted by atomic mass is 10.1. The van der Waals surface area contributed by atoms with Crippen molar-refractivity contribution in [1.29, 1.82) is 0 Å². The molecule has 3 heteroatoms. The van der Waals surface area contributed by atoms with E-state index in [9.17, 15) is 5.11 Å². The molecule has 0 fully saturated rings. The van der Waals surface area contributed by atoms with Crippen molar-refractivity contribution in [2.24, 2.45) is 0 Å². The highest BCUT2D eigenvalue weighted by molar-refractivity contribution is 5.93. The molecule has 1 N–H and O–H groups in total. The average molecular weight is 222 g/mol. The Kier molecular flexibility index (Phi) is 2.22. The van der Waals surface area contributed by atoms with Gasteiger partial charge in [0.2, 0.25) is 0 Å². The molecule has 0 aliphatic carbocycles. The Labute approximate surface area is 98.4 Å². The topological polar surface area (TPSA) is 46.0 Å². The molecule has 0 radical (unpaired) electrons. The zero-order valence-corrected chi connectivity index (χ0v) is 9.04. The molecule has 0 bridgehead atoms. The maximum absolute atomic E-state index is 9.24. The van der Waals surface area contributed by atoms with Crippen molar-refractivity contribution in [3.63, 3.8) is 0 Å². The molecular weight excluding hydrogens is 212 g/mol. The first-order valence-electron chi connectivity index (χ1n) is 5.34. The van der Waals surface area contributed by atoms with Gasteiger partial charge in [-0.15, -0.1) is 0 Å². The lowest BCUT2D eigenvalue weighted by Crippen LogP contribution is -1.85. The van der Waals surface area contributed by atoms with E-state index in [0.717, 1.165) is 22.2 Å². The summed E-state index contributed by atoms with van der Waals surface area (Å²) in [5, 5.41) is 10.3. The summed E-state index contributed by atoms with van der Waals surface area (Å²) < 4.78 is 0. The predicted octanol–water partition coefficient (Wildman–Crippen LogP) is 3.00. The fourth-order valence-corrected chi connectivity index (χ4v) is 1.87. The highest BCUT2D eigenvalue weighted by Crippen LogP contribution is 2.26. The van der Waals surface area contributed by atoms with Crippen LogP contribution in [0.2, 0.25) is 0 Å². The number of nitrogens with zero attached hydrogens (tertiary/aromatic N) is 2. The van der Waals surface area contributed by atoms with Crippen LogP contribution in [0.1, 0.15) is 0 Å². The van der Waals surface area contributed by atoms with Gasteiger partial charge in [0.25, 0.3) is 0 Å². The standard InChI is InChI=1S/C14H10N2O/c17-10-6-7-14(16-9-10)11-3-1-5-13-12(11)4-2-8-15-13/h1-9,17H. The summed E-state index contributed by atoms with van der Waals surface area (Å²) in [6, 6.07) is 13.3. The van der Waals surface area contributed by atoms with Gasteiger partial charge in [0.05, 0.1) is 17.4 Å². The SMILES string of the molecule is Oc1ccc(-c2cccc3ncccc23)nc1. The Hall–Kier alpha value is -2.42. The van der Waals surface area contributed by atoms with E-state index < -0.39 is 0 Å². The molecule has 0 saturated carbocycles. The van der Waals surface area contributed by atoms with E-state index in [1.165, 1.54) is 6.20 Å². The quantitative estimate of drug-likeness (QED) is 0.688. The monoisotopic (exact) mass is 222 g/mol. The average Bonchev–Trinajstić information content (AvgIpc) is 2.39. The Morgan fingerprint density at radius 1 is 0.882 bits per heavy atom. The van der Waals surface area contributed by atoms with Crippen molar-refractivity contribution in [2.75, 3.05) is 0 Å². The number of benzene rings is 1. The lowest BCUT2D eigenvalue weighted by molar-refractivity contribution is 0.473. The molecule has 0 unspecified atom stereocenters. The van der Waals surface area contributed by atoms with Crippen LogP contribution in [0.25, 0.3) is 22.2 Å². The number of fused-ring (bicyclic) bond motifs is 1. The number of hydrogen-bond donors (Lipinski definition) is 1. The summed E-state index contributed by atoms with van der Waals surface area (Å²) in [7, 11) is 0. The third-order valence-electron chi connectivity index (χ3n) is 2.67. The van der Waals surface area contributed by atoms with E-state index in [-0.39, 0.29) is 5.75 Å². The maximum atomic E-state index is 9.24. The number of pyridine rings is 2. The first kappa shape index (κ1) is 9.78. The van der Waals surface area contributed by atoms with E-state index in [1.54, 1.807) is 18.3 Å². The van der Waals surface area contributed by atoms with E-state index in [1.807, 2.05) is 30.3 Å². The maximum Gasteiger partial charge on any atom is 0.133 e. The van der Waals surface area contributed by atoms with Crippen LogP contribution in [-0.4, -0.2) is 15.1 Å². The van der Waals surface area contributed by atoms with E-state index in [0.29, 0.717) is 0 Å². The largest absolute Gasteiger partial charge is 0.506 e. The van der Waals surface area contributed by atoms with Gasteiger partial charge in [-0.05, 0) is 24.3 Å². The highest BCUT2D eigenvalue weighted by Gasteiger charge is 2.04. The van der Waals surface area contributed by atoms with Crippen molar-refractivity contribution < 1.29 is 5.11 Å². The summed E-state index contributed by atoms with van der Waals surface area (Å²) in [6.45, 7) is 0. The zero-order chi connectivity index (χ0) is 11.7. The molecule has 3 aromatic rings. The molecule has 1 aromatic carbocycles. The van der Waals surface area contributed by atoms with Crippen LogP contribution < -0.4 is 0 Å². The summed E-state index contributed by atoms with van der Waals surface area (Å²) in [5.74, 6) is 0.173. The molecule has 2 aromatic heterocycles. The van der Waals surface area contributed by atoms with Gasteiger partial charge in [0.1, 0.15) is 5.75 Å². The van der Waals surface area contributed by atoms with Crippen LogP contribution in [0.15, 0.2) is 54.9 Å². The molecule has 0 aliphatic rings. The molecular formula is C14H10N2O. The Bertz CT molecular complexity index is 657.